The number of aryl methyl sites for hydroxylation is 2. The summed E-state index contributed by atoms with van der Waals surface area (Å²) < 4.78 is 0. The van der Waals surface area contributed by atoms with Gasteiger partial charge in [0.15, 0.2) is 0 Å². The summed E-state index contributed by atoms with van der Waals surface area (Å²) in [5, 5.41) is 8.16. The first kappa shape index (κ1) is 7.47. The van der Waals surface area contributed by atoms with Crippen molar-refractivity contribution in [2.24, 2.45) is 0 Å². The minimum atomic E-state index is 1.01. The van der Waals surface area contributed by atoms with Crippen molar-refractivity contribution in [3.8, 4) is 0 Å². The first-order chi connectivity index (χ1) is 5.75. The third kappa shape index (κ3) is 1.52. The Morgan fingerprint density at radius 2 is 2.00 bits per heavy atom. The zero-order valence-electron chi connectivity index (χ0n) is 7.46. The second kappa shape index (κ2) is 2.70. The van der Waals surface area contributed by atoms with Crippen molar-refractivity contribution in [1.82, 2.24) is 10.2 Å². The van der Waals surface area contributed by atoms with E-state index in [1.165, 1.54) is 24.0 Å². The van der Waals surface area contributed by atoms with Crippen LogP contribution in [-0.2, 0) is 0 Å². The molecule has 0 spiro atoms. The molecular formula is C10H12N2. The molecule has 1 aliphatic carbocycles. The fourth-order valence-corrected chi connectivity index (χ4v) is 1.06. The van der Waals surface area contributed by atoms with Gasteiger partial charge in [-0.05, 0) is 44.4 Å². The lowest BCUT2D eigenvalue weighted by molar-refractivity contribution is 0.951. The Morgan fingerprint density at radius 3 is 2.58 bits per heavy atom. The third-order valence-electron chi connectivity index (χ3n) is 2.14. The van der Waals surface area contributed by atoms with Crippen LogP contribution in [0.4, 0.5) is 0 Å². The van der Waals surface area contributed by atoms with Crippen molar-refractivity contribution in [3.05, 3.63) is 28.6 Å². The van der Waals surface area contributed by atoms with Gasteiger partial charge in [-0.25, -0.2) is 0 Å². The standard InChI is InChI=1S/C10H12N2/c1-7-5-10(6-9-3-4-9)12-11-8(7)2/h5-6H,3-4H2,1-2H3. The van der Waals surface area contributed by atoms with Gasteiger partial charge in [0.2, 0.25) is 0 Å². The first-order valence-corrected chi connectivity index (χ1v) is 4.26. The Kier molecular flexibility index (Phi) is 1.68. The predicted molar refractivity (Wildman–Crippen MR) is 48.7 cm³/mol. The van der Waals surface area contributed by atoms with Gasteiger partial charge >= 0.3 is 0 Å². The van der Waals surface area contributed by atoms with E-state index in [0.29, 0.717) is 0 Å². The van der Waals surface area contributed by atoms with E-state index in [1.807, 2.05) is 6.92 Å². The van der Waals surface area contributed by atoms with Crippen molar-refractivity contribution >= 4 is 6.08 Å². The first-order valence-electron chi connectivity index (χ1n) is 4.26. The van der Waals surface area contributed by atoms with Crippen LogP contribution in [0.5, 0.6) is 0 Å². The SMILES string of the molecule is Cc1cc(C=C2CC2)nnc1C. The largest absolute Gasteiger partial charge is 0.155 e. The molecule has 0 unspecified atom stereocenters. The molecule has 62 valence electrons. The van der Waals surface area contributed by atoms with Crippen molar-refractivity contribution in [2.75, 3.05) is 0 Å². The summed E-state index contributed by atoms with van der Waals surface area (Å²) in [6.07, 6.45) is 4.63. The summed E-state index contributed by atoms with van der Waals surface area (Å²) in [6.45, 7) is 4.05. The van der Waals surface area contributed by atoms with Crippen molar-refractivity contribution in [2.45, 2.75) is 26.7 Å². The van der Waals surface area contributed by atoms with Crippen LogP contribution < -0.4 is 0 Å². The fourth-order valence-electron chi connectivity index (χ4n) is 1.06. The molecule has 0 atom stereocenters. The van der Waals surface area contributed by atoms with Crippen LogP contribution in [-0.4, -0.2) is 10.2 Å². The summed E-state index contributed by atoms with van der Waals surface area (Å²) >= 11 is 0. The summed E-state index contributed by atoms with van der Waals surface area (Å²) in [5.74, 6) is 0. The van der Waals surface area contributed by atoms with E-state index in [1.54, 1.807) is 0 Å². The molecule has 0 bridgehead atoms. The van der Waals surface area contributed by atoms with Gasteiger partial charge in [-0.1, -0.05) is 5.57 Å². The van der Waals surface area contributed by atoms with Crippen LogP contribution in [0.25, 0.3) is 6.08 Å². The van der Waals surface area contributed by atoms with Crippen LogP contribution >= 0.6 is 0 Å². The molecule has 0 saturated heterocycles. The van der Waals surface area contributed by atoms with Crippen LogP contribution in [0.15, 0.2) is 11.6 Å². The van der Waals surface area contributed by atoms with Gasteiger partial charge in [-0.2, -0.15) is 10.2 Å². The maximum atomic E-state index is 4.09. The van der Waals surface area contributed by atoms with Gasteiger partial charge in [-0.15, -0.1) is 0 Å². The van der Waals surface area contributed by atoms with Crippen LogP contribution in [0.3, 0.4) is 0 Å². The molecule has 0 aliphatic heterocycles. The Morgan fingerprint density at radius 1 is 1.25 bits per heavy atom. The van der Waals surface area contributed by atoms with E-state index in [2.05, 4.69) is 29.3 Å². The molecule has 1 fully saturated rings. The molecule has 2 rings (SSSR count). The van der Waals surface area contributed by atoms with Crippen LogP contribution in [0.2, 0.25) is 0 Å². The molecule has 0 amide bonds. The molecule has 2 nitrogen and oxygen atoms in total. The molecule has 1 aliphatic rings. The Bertz CT molecular complexity index is 334. The smallest absolute Gasteiger partial charge is 0.0859 e. The van der Waals surface area contributed by atoms with Crippen molar-refractivity contribution in [3.63, 3.8) is 0 Å². The summed E-state index contributed by atoms with van der Waals surface area (Å²) in [6, 6.07) is 2.09. The second-order valence-electron chi connectivity index (χ2n) is 3.34. The highest BCUT2D eigenvalue weighted by Gasteiger charge is 2.10. The number of aromatic nitrogens is 2. The quantitative estimate of drug-likeness (QED) is 0.629. The molecule has 1 heterocycles. The van der Waals surface area contributed by atoms with E-state index in [-0.39, 0.29) is 0 Å². The Balaban J connectivity index is 2.33. The van der Waals surface area contributed by atoms with E-state index in [0.717, 1.165) is 11.4 Å². The summed E-state index contributed by atoms with van der Waals surface area (Å²) in [4.78, 5) is 0. The lowest BCUT2D eigenvalue weighted by Gasteiger charge is -1.97. The Hall–Kier alpha value is -1.18. The molecule has 1 aromatic heterocycles. The molecule has 0 N–H and O–H groups in total. The lowest BCUT2D eigenvalue weighted by Crippen LogP contribution is -1.92. The average Bonchev–Trinajstić information content (AvgIpc) is 2.81. The molecule has 1 aromatic rings. The van der Waals surface area contributed by atoms with E-state index in [9.17, 15) is 0 Å². The molecular weight excluding hydrogens is 148 g/mol. The minimum Gasteiger partial charge on any atom is -0.155 e. The molecule has 0 aromatic carbocycles. The lowest BCUT2D eigenvalue weighted by atomic mass is 10.2. The zero-order chi connectivity index (χ0) is 8.55. The van der Waals surface area contributed by atoms with E-state index < -0.39 is 0 Å². The number of nitrogens with zero attached hydrogens (tertiary/aromatic N) is 2. The highest BCUT2D eigenvalue weighted by atomic mass is 15.1. The van der Waals surface area contributed by atoms with E-state index in [4.69, 9.17) is 0 Å². The van der Waals surface area contributed by atoms with E-state index >= 15 is 0 Å². The molecule has 12 heavy (non-hydrogen) atoms. The van der Waals surface area contributed by atoms with Crippen LogP contribution in [0, 0.1) is 13.8 Å². The maximum absolute atomic E-state index is 4.09. The summed E-state index contributed by atoms with van der Waals surface area (Å²) in [7, 11) is 0. The highest BCUT2D eigenvalue weighted by Crippen LogP contribution is 2.29. The zero-order valence-corrected chi connectivity index (χ0v) is 7.46. The minimum absolute atomic E-state index is 1.01. The van der Waals surface area contributed by atoms with Gasteiger partial charge in [0.05, 0.1) is 11.4 Å². The number of hydrogen-bond acceptors (Lipinski definition) is 2. The highest BCUT2D eigenvalue weighted by molar-refractivity contribution is 5.53. The van der Waals surface area contributed by atoms with Gasteiger partial charge < -0.3 is 0 Å². The maximum Gasteiger partial charge on any atom is 0.0859 e. The molecule has 0 radical (unpaired) electrons. The summed E-state index contributed by atoms with van der Waals surface area (Å²) in [5.41, 5.74) is 4.74. The second-order valence-corrected chi connectivity index (χ2v) is 3.34. The topological polar surface area (TPSA) is 25.8 Å². The van der Waals surface area contributed by atoms with Gasteiger partial charge in [0.1, 0.15) is 0 Å². The monoisotopic (exact) mass is 160 g/mol. The van der Waals surface area contributed by atoms with Gasteiger partial charge in [-0.3, -0.25) is 0 Å². The fraction of sp³-hybridized carbons (Fsp3) is 0.400. The van der Waals surface area contributed by atoms with Gasteiger partial charge in [0.25, 0.3) is 0 Å². The normalized spacial score (nSPS) is 14.7. The van der Waals surface area contributed by atoms with Gasteiger partial charge in [0, 0.05) is 0 Å². The number of hydrogen-bond donors (Lipinski definition) is 0. The van der Waals surface area contributed by atoms with Crippen LogP contribution in [0.1, 0.15) is 29.8 Å². The Labute approximate surface area is 72.3 Å². The molecule has 1 saturated carbocycles. The molecule has 2 heteroatoms. The average molecular weight is 160 g/mol. The number of allylic oxidation sites excluding steroid dienone is 1. The van der Waals surface area contributed by atoms with Crippen molar-refractivity contribution < 1.29 is 0 Å². The predicted octanol–water partition coefficient (Wildman–Crippen LogP) is 2.27. The third-order valence-corrected chi connectivity index (χ3v) is 2.14. The number of rotatable bonds is 1. The van der Waals surface area contributed by atoms with Crippen molar-refractivity contribution in [1.29, 1.82) is 0 Å².